The smallest absolute Gasteiger partial charge is 0.397 e. The van der Waals surface area contributed by atoms with Crippen LogP contribution in [0.3, 0.4) is 0 Å². The molecule has 1 aromatic carbocycles. The van der Waals surface area contributed by atoms with E-state index in [-0.39, 0.29) is 12.2 Å². The van der Waals surface area contributed by atoms with Crippen molar-refractivity contribution in [1.82, 2.24) is 4.98 Å². The van der Waals surface area contributed by atoms with E-state index in [4.69, 9.17) is 4.74 Å². The Morgan fingerprint density at radius 3 is 2.73 bits per heavy atom. The largest absolute Gasteiger partial charge is 0.459 e. The first-order valence-electron chi connectivity index (χ1n) is 6.68. The lowest BCUT2D eigenvalue weighted by atomic mass is 10.1. The van der Waals surface area contributed by atoms with Crippen molar-refractivity contribution in [2.24, 2.45) is 0 Å². The molecule has 7 heteroatoms. The molecule has 7 nitrogen and oxygen atoms in total. The molecule has 1 heterocycles. The van der Waals surface area contributed by atoms with Crippen LogP contribution in [0.25, 0.3) is 10.9 Å². The number of methoxy groups -OCH3 is 1. The summed E-state index contributed by atoms with van der Waals surface area (Å²) in [6, 6.07) is 6.41. The van der Waals surface area contributed by atoms with Gasteiger partial charge in [0.05, 0.1) is 18.7 Å². The predicted molar refractivity (Wildman–Crippen MR) is 80.5 cm³/mol. The molecule has 0 bridgehead atoms. The number of rotatable bonds is 4. The third-order valence-corrected chi connectivity index (χ3v) is 2.95. The van der Waals surface area contributed by atoms with E-state index in [0.717, 1.165) is 10.9 Å². The summed E-state index contributed by atoms with van der Waals surface area (Å²) in [5.41, 5.74) is 1.40. The van der Waals surface area contributed by atoms with Gasteiger partial charge < -0.3 is 19.8 Å². The third-order valence-electron chi connectivity index (χ3n) is 2.95. The number of carbonyl (C=O) groups excluding carboxylic acids is 2. The van der Waals surface area contributed by atoms with E-state index in [9.17, 15) is 14.4 Å². The van der Waals surface area contributed by atoms with Gasteiger partial charge in [-0.15, -0.1) is 0 Å². The van der Waals surface area contributed by atoms with Gasteiger partial charge in [0.2, 0.25) is 5.56 Å². The van der Waals surface area contributed by atoms with Gasteiger partial charge in [-0.1, -0.05) is 6.07 Å². The van der Waals surface area contributed by atoms with Crippen LogP contribution in [0.5, 0.6) is 0 Å². The number of hydrogen-bond donors (Lipinski definition) is 2. The fraction of sp³-hybridized carbons (Fsp3) is 0.267. The van der Waals surface area contributed by atoms with Gasteiger partial charge in [-0.3, -0.25) is 9.59 Å². The van der Waals surface area contributed by atoms with E-state index < -0.39 is 11.9 Å². The van der Waals surface area contributed by atoms with Crippen molar-refractivity contribution in [3.63, 3.8) is 0 Å². The number of anilines is 1. The summed E-state index contributed by atoms with van der Waals surface area (Å²) in [6.07, 6.45) is 0. The molecule has 0 aliphatic carbocycles. The zero-order valence-electron chi connectivity index (χ0n) is 12.3. The lowest BCUT2D eigenvalue weighted by Crippen LogP contribution is -2.25. The van der Waals surface area contributed by atoms with Crippen LogP contribution in [0, 0.1) is 0 Å². The minimum atomic E-state index is -0.954. The van der Waals surface area contributed by atoms with Crippen molar-refractivity contribution in [2.75, 3.05) is 19.0 Å². The number of amides is 1. The van der Waals surface area contributed by atoms with Crippen LogP contribution in [-0.4, -0.2) is 30.6 Å². The minimum Gasteiger partial charge on any atom is -0.459 e. The summed E-state index contributed by atoms with van der Waals surface area (Å²) >= 11 is 0. The maximum atomic E-state index is 11.6. The van der Waals surface area contributed by atoms with Gasteiger partial charge in [0.25, 0.3) is 0 Å². The zero-order valence-corrected chi connectivity index (χ0v) is 12.3. The Morgan fingerprint density at radius 2 is 2.05 bits per heavy atom. The first-order chi connectivity index (χ1) is 10.5. The molecule has 0 atom stereocenters. The van der Waals surface area contributed by atoms with Crippen molar-refractivity contribution in [2.45, 2.75) is 13.5 Å². The molecule has 0 saturated carbocycles. The van der Waals surface area contributed by atoms with E-state index in [1.54, 1.807) is 32.2 Å². The number of ether oxygens (including phenoxy) is 2. The fourth-order valence-corrected chi connectivity index (χ4v) is 2.06. The highest BCUT2D eigenvalue weighted by Crippen LogP contribution is 2.20. The molecule has 0 aliphatic heterocycles. The fourth-order valence-electron chi connectivity index (χ4n) is 2.06. The molecule has 0 unspecified atom stereocenters. The number of carbonyl (C=O) groups is 2. The van der Waals surface area contributed by atoms with Crippen LogP contribution in [0.1, 0.15) is 12.5 Å². The molecule has 2 N–H and O–H groups in total. The molecule has 0 saturated heterocycles. The van der Waals surface area contributed by atoms with Gasteiger partial charge in [0, 0.05) is 24.2 Å². The molecule has 116 valence electrons. The third kappa shape index (κ3) is 3.50. The molecule has 1 aromatic heterocycles. The van der Waals surface area contributed by atoms with Crippen LogP contribution >= 0.6 is 0 Å². The second kappa shape index (κ2) is 6.86. The standard InChI is InChI=1S/C15H16N2O5/c1-3-22-15(20)14(19)16-10-4-5-11-9(8-21-2)6-13(18)17-12(11)7-10/h4-7H,3,8H2,1-2H3,(H,16,19)(H,17,18). The van der Waals surface area contributed by atoms with Crippen LogP contribution < -0.4 is 10.9 Å². The Hall–Kier alpha value is -2.67. The summed E-state index contributed by atoms with van der Waals surface area (Å²) in [5, 5.41) is 3.22. The molecule has 22 heavy (non-hydrogen) atoms. The monoisotopic (exact) mass is 304 g/mol. The van der Waals surface area contributed by atoms with Gasteiger partial charge in [-0.25, -0.2) is 4.79 Å². The van der Waals surface area contributed by atoms with Crippen LogP contribution in [-0.2, 0) is 25.7 Å². The second-order valence-corrected chi connectivity index (χ2v) is 4.53. The number of pyridine rings is 1. The molecular weight excluding hydrogens is 288 g/mol. The number of hydrogen-bond acceptors (Lipinski definition) is 5. The summed E-state index contributed by atoms with van der Waals surface area (Å²) in [4.78, 5) is 37.2. The first-order valence-corrected chi connectivity index (χ1v) is 6.68. The summed E-state index contributed by atoms with van der Waals surface area (Å²) in [5.74, 6) is -1.82. The lowest BCUT2D eigenvalue weighted by molar-refractivity contribution is -0.152. The normalized spacial score (nSPS) is 10.5. The number of H-pyrrole nitrogens is 1. The quantitative estimate of drug-likeness (QED) is 0.653. The van der Waals surface area contributed by atoms with Crippen molar-refractivity contribution in [3.8, 4) is 0 Å². The minimum absolute atomic E-state index is 0.123. The van der Waals surface area contributed by atoms with Gasteiger partial charge >= 0.3 is 11.9 Å². The van der Waals surface area contributed by atoms with E-state index in [2.05, 4.69) is 15.0 Å². The van der Waals surface area contributed by atoms with E-state index in [1.165, 1.54) is 6.07 Å². The number of aromatic amines is 1. The Kier molecular flexibility index (Phi) is 4.90. The Labute approximate surface area is 126 Å². The first kappa shape index (κ1) is 15.7. The lowest BCUT2D eigenvalue weighted by Gasteiger charge is -2.08. The summed E-state index contributed by atoms with van der Waals surface area (Å²) in [7, 11) is 1.54. The maximum Gasteiger partial charge on any atom is 0.397 e. The van der Waals surface area contributed by atoms with Gasteiger partial charge in [0.1, 0.15) is 0 Å². The second-order valence-electron chi connectivity index (χ2n) is 4.53. The Morgan fingerprint density at radius 1 is 1.27 bits per heavy atom. The highest BCUT2D eigenvalue weighted by Gasteiger charge is 2.15. The van der Waals surface area contributed by atoms with Crippen molar-refractivity contribution < 1.29 is 19.1 Å². The van der Waals surface area contributed by atoms with Crippen molar-refractivity contribution >= 4 is 28.5 Å². The molecular formula is C15H16N2O5. The molecule has 1 amide bonds. The topological polar surface area (TPSA) is 97.5 Å². The number of fused-ring (bicyclic) bond motifs is 1. The average Bonchev–Trinajstić information content (AvgIpc) is 2.47. The number of benzene rings is 1. The molecule has 2 rings (SSSR count). The number of nitrogens with one attached hydrogen (secondary N) is 2. The van der Waals surface area contributed by atoms with Crippen LogP contribution in [0.2, 0.25) is 0 Å². The van der Waals surface area contributed by atoms with Gasteiger partial charge in [0.15, 0.2) is 0 Å². The van der Waals surface area contributed by atoms with Crippen LogP contribution in [0.4, 0.5) is 5.69 Å². The molecule has 0 spiro atoms. The van der Waals surface area contributed by atoms with Crippen molar-refractivity contribution in [3.05, 3.63) is 40.2 Å². The number of aromatic nitrogens is 1. The zero-order chi connectivity index (χ0) is 16.1. The summed E-state index contributed by atoms with van der Waals surface area (Å²) < 4.78 is 9.67. The Bertz CT molecular complexity index is 766. The van der Waals surface area contributed by atoms with Gasteiger partial charge in [-0.2, -0.15) is 0 Å². The van der Waals surface area contributed by atoms with Crippen LogP contribution in [0.15, 0.2) is 29.1 Å². The molecule has 0 aliphatic rings. The average molecular weight is 304 g/mol. The highest BCUT2D eigenvalue weighted by atomic mass is 16.5. The van der Waals surface area contributed by atoms with E-state index >= 15 is 0 Å². The SMILES string of the molecule is CCOC(=O)C(=O)Nc1ccc2c(COC)cc(=O)[nH]c2c1. The maximum absolute atomic E-state index is 11.6. The Balaban J connectivity index is 2.33. The van der Waals surface area contributed by atoms with E-state index in [1.807, 2.05) is 0 Å². The van der Waals surface area contributed by atoms with Crippen molar-refractivity contribution in [1.29, 1.82) is 0 Å². The van der Waals surface area contributed by atoms with E-state index in [0.29, 0.717) is 17.8 Å². The van der Waals surface area contributed by atoms with Gasteiger partial charge in [-0.05, 0) is 24.6 Å². The summed E-state index contributed by atoms with van der Waals surface area (Å²) in [6.45, 7) is 2.04. The molecule has 0 fully saturated rings. The predicted octanol–water partition coefficient (Wildman–Crippen LogP) is 1.18. The highest BCUT2D eigenvalue weighted by molar-refractivity contribution is 6.37. The number of esters is 1. The molecule has 0 radical (unpaired) electrons. The molecule has 2 aromatic rings.